The van der Waals surface area contributed by atoms with Gasteiger partial charge in [0, 0.05) is 13.0 Å². The Morgan fingerprint density at radius 1 is 0.789 bits per heavy atom. The summed E-state index contributed by atoms with van der Waals surface area (Å²) in [4.78, 5) is 0. The lowest BCUT2D eigenvalue weighted by atomic mass is 10.2. The van der Waals surface area contributed by atoms with Crippen molar-refractivity contribution in [2.45, 2.75) is 60.3 Å². The summed E-state index contributed by atoms with van der Waals surface area (Å²) in [5.74, 6) is -0.201. The van der Waals surface area contributed by atoms with Crippen LogP contribution in [0.3, 0.4) is 0 Å². The average molecular weight is 312 g/mol. The van der Waals surface area contributed by atoms with Crippen LogP contribution in [0.4, 0.5) is 0 Å². The second-order valence-electron chi connectivity index (χ2n) is 4.93. The highest BCUT2D eigenvalue weighted by Gasteiger charge is 2.27. The monoisotopic (exact) mass is 312 g/mol. The highest BCUT2D eigenvalue weighted by Crippen LogP contribution is 2.57. The Balaban J connectivity index is 0. The molecule has 0 aromatic heterocycles. The van der Waals surface area contributed by atoms with Gasteiger partial charge in [-0.05, 0) is 34.1 Å². The highest BCUT2D eigenvalue weighted by atomic mass is 32.2. The molecule has 0 aliphatic heterocycles. The zero-order chi connectivity index (χ0) is 15.4. The normalized spacial score (nSPS) is 11.9. The Morgan fingerprint density at radius 3 is 1.42 bits per heavy atom. The fraction of sp³-hybridized carbons (Fsp3) is 1.00. The van der Waals surface area contributed by atoms with Crippen LogP contribution in [0.1, 0.15) is 60.3 Å². The first-order valence-electron chi connectivity index (χ1n) is 7.59. The predicted octanol–water partition coefficient (Wildman–Crippen LogP) is 4.20. The number of unbranched alkanes of at least 4 members (excludes halogenated alkanes) is 3. The molecule has 0 spiro atoms. The minimum absolute atomic E-state index is 0.201. The lowest BCUT2D eigenvalue weighted by molar-refractivity contribution is 0.459. The van der Waals surface area contributed by atoms with Gasteiger partial charge < -0.3 is 4.55 Å². The molecule has 0 fully saturated rings. The quantitative estimate of drug-likeness (QED) is 0.364. The Hall–Kier alpha value is 0.340. The van der Waals surface area contributed by atoms with Crippen LogP contribution in [0.5, 0.6) is 0 Å². The second-order valence-corrected chi connectivity index (χ2v) is 11.7. The molecule has 0 atom stereocenters. The lowest BCUT2D eigenvalue weighted by Gasteiger charge is -2.20. The van der Waals surface area contributed by atoms with Gasteiger partial charge in [-0.3, -0.25) is 0 Å². The number of hydrogen-bond acceptors (Lipinski definition) is 3. The van der Waals surface area contributed by atoms with Crippen molar-refractivity contribution in [2.75, 3.05) is 30.4 Å². The summed E-state index contributed by atoms with van der Waals surface area (Å²) in [5.41, 5.74) is 0. The summed E-state index contributed by atoms with van der Waals surface area (Å²) in [6, 6.07) is 0. The van der Waals surface area contributed by atoms with Crippen LogP contribution >= 0.6 is 7.26 Å². The first-order valence-corrected chi connectivity index (χ1v) is 11.7. The van der Waals surface area contributed by atoms with E-state index in [1.807, 2.05) is 6.92 Å². The maximum absolute atomic E-state index is 10.0. The first-order chi connectivity index (χ1) is 8.80. The van der Waals surface area contributed by atoms with E-state index in [-0.39, 0.29) is 5.75 Å². The van der Waals surface area contributed by atoms with E-state index in [0.29, 0.717) is 6.42 Å². The van der Waals surface area contributed by atoms with Crippen LogP contribution in [-0.4, -0.2) is 43.4 Å². The van der Waals surface area contributed by atoms with E-state index in [0.717, 1.165) is 19.3 Å². The summed E-state index contributed by atoms with van der Waals surface area (Å²) < 4.78 is 30.1. The molecule has 0 rings (SSSR count). The number of hydrogen-bond donors (Lipinski definition) is 0. The predicted molar refractivity (Wildman–Crippen MR) is 87.8 cm³/mol. The van der Waals surface area contributed by atoms with Gasteiger partial charge in [-0.15, -0.1) is 0 Å². The SMILES string of the molecule is CCCCCCS(=O)(=O)[O-].CC[P+](CC)(CC)CC. The van der Waals surface area contributed by atoms with Crippen LogP contribution < -0.4 is 0 Å². The van der Waals surface area contributed by atoms with Gasteiger partial charge in [-0.25, -0.2) is 8.42 Å². The van der Waals surface area contributed by atoms with E-state index in [9.17, 15) is 13.0 Å². The summed E-state index contributed by atoms with van der Waals surface area (Å²) in [6.45, 7) is 11.4. The molecule has 3 nitrogen and oxygen atoms in total. The summed E-state index contributed by atoms with van der Waals surface area (Å²) in [5, 5.41) is 0. The summed E-state index contributed by atoms with van der Waals surface area (Å²) in [7, 11) is -4.37. The maximum Gasteiger partial charge on any atom is 0.0945 e. The Bertz CT molecular complexity index is 268. The van der Waals surface area contributed by atoms with Crippen molar-refractivity contribution in [1.29, 1.82) is 0 Å². The van der Waals surface area contributed by atoms with Crippen LogP contribution in [0.25, 0.3) is 0 Å². The minimum atomic E-state index is -3.95. The van der Waals surface area contributed by atoms with Gasteiger partial charge in [-0.1, -0.05) is 26.2 Å². The van der Waals surface area contributed by atoms with Crippen molar-refractivity contribution < 1.29 is 13.0 Å². The molecule has 0 heterocycles. The molecule has 0 radical (unpaired) electrons. The molecule has 0 saturated heterocycles. The highest BCUT2D eigenvalue weighted by molar-refractivity contribution is 7.85. The Labute approximate surface area is 121 Å². The van der Waals surface area contributed by atoms with E-state index < -0.39 is 17.4 Å². The third-order valence-electron chi connectivity index (χ3n) is 3.93. The van der Waals surface area contributed by atoms with Crippen molar-refractivity contribution in [1.82, 2.24) is 0 Å². The first kappa shape index (κ1) is 21.6. The Kier molecular flexibility index (Phi) is 13.8. The van der Waals surface area contributed by atoms with Crippen LogP contribution in [0.15, 0.2) is 0 Å². The van der Waals surface area contributed by atoms with E-state index >= 15 is 0 Å². The summed E-state index contributed by atoms with van der Waals surface area (Å²) >= 11 is 0. The van der Waals surface area contributed by atoms with Crippen LogP contribution in [0.2, 0.25) is 0 Å². The van der Waals surface area contributed by atoms with E-state index in [2.05, 4.69) is 27.7 Å². The Morgan fingerprint density at radius 2 is 1.21 bits per heavy atom. The van der Waals surface area contributed by atoms with Gasteiger partial charge >= 0.3 is 0 Å². The molecule has 0 N–H and O–H groups in total. The zero-order valence-electron chi connectivity index (χ0n) is 13.4. The van der Waals surface area contributed by atoms with E-state index in [4.69, 9.17) is 0 Å². The maximum atomic E-state index is 10.0. The molecule has 0 aliphatic carbocycles. The molecule has 5 heteroatoms. The molecule has 0 unspecified atom stereocenters. The zero-order valence-corrected chi connectivity index (χ0v) is 15.2. The van der Waals surface area contributed by atoms with Gasteiger partial charge in [0.25, 0.3) is 0 Å². The molecular weight excluding hydrogens is 279 g/mol. The molecular formula is C14H33O3PS. The summed E-state index contributed by atoms with van der Waals surface area (Å²) in [6.07, 6.45) is 9.24. The van der Waals surface area contributed by atoms with Gasteiger partial charge in [0.1, 0.15) is 0 Å². The molecule has 0 aliphatic rings. The molecule has 118 valence electrons. The van der Waals surface area contributed by atoms with Crippen molar-refractivity contribution in [3.8, 4) is 0 Å². The van der Waals surface area contributed by atoms with Crippen LogP contribution in [0, 0.1) is 0 Å². The van der Waals surface area contributed by atoms with Crippen molar-refractivity contribution in [3.05, 3.63) is 0 Å². The second kappa shape index (κ2) is 12.1. The third-order valence-corrected chi connectivity index (χ3v) is 10.1. The van der Waals surface area contributed by atoms with Crippen molar-refractivity contribution >= 4 is 17.4 Å². The van der Waals surface area contributed by atoms with Gasteiger partial charge in [0.2, 0.25) is 0 Å². The van der Waals surface area contributed by atoms with E-state index in [1.54, 1.807) is 0 Å². The van der Waals surface area contributed by atoms with Gasteiger partial charge in [0.15, 0.2) is 0 Å². The average Bonchev–Trinajstić information content (AvgIpc) is 2.38. The topological polar surface area (TPSA) is 57.2 Å². The molecule has 0 bridgehead atoms. The third kappa shape index (κ3) is 13.1. The molecule has 0 aromatic rings. The number of rotatable bonds is 9. The standard InChI is InChI=1S/C8H20P.C6H14O3S/c1-5-9(6-2,7-3)8-4;1-2-3-4-5-6-10(7,8)9/h5-8H2,1-4H3;2-6H2,1H3,(H,7,8,9)/q+1;/p-1. The minimum Gasteiger partial charge on any atom is -0.748 e. The lowest BCUT2D eigenvalue weighted by Crippen LogP contribution is -2.04. The van der Waals surface area contributed by atoms with Crippen molar-refractivity contribution in [2.24, 2.45) is 0 Å². The fourth-order valence-corrected chi connectivity index (χ4v) is 5.29. The van der Waals surface area contributed by atoms with E-state index in [1.165, 1.54) is 24.6 Å². The molecule has 0 saturated carbocycles. The largest absolute Gasteiger partial charge is 0.748 e. The van der Waals surface area contributed by atoms with Crippen molar-refractivity contribution in [3.63, 3.8) is 0 Å². The molecule has 19 heavy (non-hydrogen) atoms. The smallest absolute Gasteiger partial charge is 0.0945 e. The van der Waals surface area contributed by atoms with Gasteiger partial charge in [0.05, 0.1) is 34.8 Å². The van der Waals surface area contributed by atoms with Crippen LogP contribution in [-0.2, 0) is 10.1 Å². The molecule has 0 amide bonds. The molecule has 0 aromatic carbocycles. The van der Waals surface area contributed by atoms with Gasteiger partial charge in [-0.2, -0.15) is 0 Å². The fourth-order valence-electron chi connectivity index (χ4n) is 2.05.